The summed E-state index contributed by atoms with van der Waals surface area (Å²) >= 11 is 0. The highest BCUT2D eigenvalue weighted by molar-refractivity contribution is 7.80. The van der Waals surface area contributed by atoms with Gasteiger partial charge in [-0.25, -0.2) is 13.2 Å². The highest BCUT2D eigenvalue weighted by Gasteiger charge is 2.23. The molecule has 150 valence electrons. The molecule has 0 aliphatic rings. The summed E-state index contributed by atoms with van der Waals surface area (Å²) in [5.41, 5.74) is 2.06. The largest absolute Gasteiger partial charge is 0.722 e. The van der Waals surface area contributed by atoms with Gasteiger partial charge in [0.25, 0.3) is 10.5 Å². The molecular formula is C20H16FNO6S. The Hall–Kier alpha value is -3.30. The summed E-state index contributed by atoms with van der Waals surface area (Å²) in [5.74, 6) is -0.292. The van der Waals surface area contributed by atoms with Crippen LogP contribution in [0.25, 0.3) is 32.6 Å². The van der Waals surface area contributed by atoms with E-state index in [1.165, 1.54) is 0 Å². The second-order valence-electron chi connectivity index (χ2n) is 6.23. The predicted octanol–water partition coefficient (Wildman–Crippen LogP) is 3.09. The van der Waals surface area contributed by atoms with Crippen LogP contribution in [0.1, 0.15) is 10.4 Å². The molecule has 9 heteroatoms. The van der Waals surface area contributed by atoms with Gasteiger partial charge in [0.15, 0.2) is 0 Å². The quantitative estimate of drug-likeness (QED) is 0.232. The zero-order chi connectivity index (χ0) is 21.3. The summed E-state index contributed by atoms with van der Waals surface area (Å²) in [5, 5.41) is 13.4. The minimum Gasteiger partial charge on any atom is -0.722 e. The fourth-order valence-corrected chi connectivity index (χ4v) is 3.35. The van der Waals surface area contributed by atoms with Crippen LogP contribution in [0.4, 0.5) is 3.89 Å². The van der Waals surface area contributed by atoms with Gasteiger partial charge in [-0.15, -0.1) is 3.89 Å². The first-order chi connectivity index (χ1) is 13.6. The zero-order valence-electron chi connectivity index (χ0n) is 15.4. The van der Waals surface area contributed by atoms with Crippen molar-refractivity contribution in [2.75, 3.05) is 7.11 Å². The van der Waals surface area contributed by atoms with Gasteiger partial charge in [0.2, 0.25) is 11.0 Å². The number of hydrogen-bond donors (Lipinski definition) is 1. The summed E-state index contributed by atoms with van der Waals surface area (Å²) in [6, 6.07) is 17.5. The van der Waals surface area contributed by atoms with Crippen LogP contribution in [0.5, 0.6) is 5.75 Å². The Morgan fingerprint density at radius 1 is 1.03 bits per heavy atom. The fourth-order valence-electron chi connectivity index (χ4n) is 3.35. The van der Waals surface area contributed by atoms with Crippen molar-refractivity contribution in [3.63, 3.8) is 0 Å². The van der Waals surface area contributed by atoms with Crippen LogP contribution < -0.4 is 9.30 Å². The number of aromatic nitrogens is 1. The second-order valence-corrected chi connectivity index (χ2v) is 7.02. The molecule has 4 aromatic rings. The maximum Gasteiger partial charge on any atom is 0.337 e. The lowest BCUT2D eigenvalue weighted by molar-refractivity contribution is -0.617. The minimum absolute atomic E-state index is 0.308. The normalized spacial score (nSPS) is 11.3. The molecule has 1 N–H and O–H groups in total. The molecule has 0 aliphatic carbocycles. The monoisotopic (exact) mass is 417 g/mol. The average molecular weight is 417 g/mol. The lowest BCUT2D eigenvalue weighted by atomic mass is 9.98. The third kappa shape index (κ3) is 4.25. The van der Waals surface area contributed by atoms with Crippen LogP contribution in [0.2, 0.25) is 0 Å². The Labute approximate surface area is 165 Å². The van der Waals surface area contributed by atoms with Crippen LogP contribution in [0.15, 0.2) is 54.6 Å². The number of nitrogens with zero attached hydrogens (tertiary/aromatic N) is 1. The molecule has 3 aromatic carbocycles. The molecule has 7 nitrogen and oxygen atoms in total. The molecule has 0 saturated carbocycles. The van der Waals surface area contributed by atoms with Gasteiger partial charge >= 0.3 is 5.97 Å². The molecular weight excluding hydrogens is 401 g/mol. The van der Waals surface area contributed by atoms with E-state index in [-0.39, 0.29) is 0 Å². The highest BCUT2D eigenvalue weighted by atomic mass is 32.3. The van der Waals surface area contributed by atoms with Gasteiger partial charge in [-0.2, -0.15) is 4.57 Å². The number of aryl methyl sites for hydroxylation is 1. The molecule has 0 unspecified atom stereocenters. The first-order valence-electron chi connectivity index (χ1n) is 8.31. The van der Waals surface area contributed by atoms with E-state index in [4.69, 9.17) is 17.7 Å². The SMILES string of the molecule is COc1ccc2c(c1)c(C(=O)O)c1cc3ccccc3cc1[n+]2C.O=S(=O)([O-])F. The van der Waals surface area contributed by atoms with Crippen LogP contribution in [0, 0.1) is 0 Å². The van der Waals surface area contributed by atoms with Gasteiger partial charge in [0, 0.05) is 12.1 Å². The maximum absolute atomic E-state index is 12.0. The number of pyridine rings is 1. The van der Waals surface area contributed by atoms with Crippen molar-refractivity contribution < 1.29 is 36.1 Å². The van der Waals surface area contributed by atoms with Crippen LogP contribution in [-0.2, 0) is 17.6 Å². The average Bonchev–Trinajstić information content (AvgIpc) is 2.65. The molecule has 1 heterocycles. The summed E-state index contributed by atoms with van der Waals surface area (Å²) in [4.78, 5) is 12.0. The summed E-state index contributed by atoms with van der Waals surface area (Å²) < 4.78 is 42.6. The third-order valence-electron chi connectivity index (χ3n) is 4.54. The molecule has 0 amide bonds. The summed E-state index contributed by atoms with van der Waals surface area (Å²) in [7, 11) is -1.88. The lowest BCUT2D eigenvalue weighted by Crippen LogP contribution is -2.31. The van der Waals surface area contributed by atoms with Crippen LogP contribution in [0.3, 0.4) is 0 Å². The number of ether oxygens (including phenoxy) is 1. The molecule has 0 spiro atoms. The Bertz CT molecular complexity index is 1360. The number of carboxylic acids is 1. The van der Waals surface area contributed by atoms with Gasteiger partial charge in [-0.1, -0.05) is 24.3 Å². The number of carbonyl (C=O) groups is 1. The Morgan fingerprint density at radius 3 is 2.14 bits per heavy atom. The number of hydrogen-bond acceptors (Lipinski definition) is 5. The molecule has 1 aromatic heterocycles. The van der Waals surface area contributed by atoms with Crippen molar-refractivity contribution in [2.45, 2.75) is 0 Å². The Kier molecular flexibility index (Phi) is 5.36. The van der Waals surface area contributed by atoms with Crippen molar-refractivity contribution >= 4 is 49.1 Å². The summed E-state index contributed by atoms with van der Waals surface area (Å²) in [6.45, 7) is 0. The molecule has 0 bridgehead atoms. The van der Waals surface area contributed by atoms with E-state index in [0.29, 0.717) is 16.7 Å². The van der Waals surface area contributed by atoms with E-state index >= 15 is 0 Å². The van der Waals surface area contributed by atoms with Gasteiger partial charge in [0.05, 0.1) is 23.4 Å². The number of halogens is 1. The molecule has 0 saturated heterocycles. The fraction of sp³-hybridized carbons (Fsp3) is 0.100. The van der Waals surface area contributed by atoms with Gasteiger partial charge in [-0.05, 0) is 29.0 Å². The van der Waals surface area contributed by atoms with Crippen molar-refractivity contribution in [3.8, 4) is 5.75 Å². The smallest absolute Gasteiger partial charge is 0.337 e. The van der Waals surface area contributed by atoms with Crippen LogP contribution >= 0.6 is 0 Å². The number of methoxy groups -OCH3 is 1. The molecule has 0 fully saturated rings. The van der Waals surface area contributed by atoms with Crippen molar-refractivity contribution in [3.05, 3.63) is 60.2 Å². The topological polar surface area (TPSA) is 108 Å². The Balaban J connectivity index is 0.000000431. The maximum atomic E-state index is 12.0. The van der Waals surface area contributed by atoms with E-state index in [1.807, 2.05) is 60.1 Å². The third-order valence-corrected chi connectivity index (χ3v) is 4.54. The summed E-state index contributed by atoms with van der Waals surface area (Å²) in [6.07, 6.45) is 0. The van der Waals surface area contributed by atoms with E-state index in [0.717, 1.165) is 27.2 Å². The van der Waals surface area contributed by atoms with Crippen LogP contribution in [-0.4, -0.2) is 31.2 Å². The second kappa shape index (κ2) is 7.61. The lowest BCUT2D eigenvalue weighted by Gasteiger charge is -2.09. The van der Waals surface area contributed by atoms with E-state index in [2.05, 4.69) is 0 Å². The highest BCUT2D eigenvalue weighted by Crippen LogP contribution is 2.30. The van der Waals surface area contributed by atoms with Gasteiger partial charge < -0.3 is 14.4 Å². The predicted molar refractivity (Wildman–Crippen MR) is 104 cm³/mol. The molecule has 0 aliphatic heterocycles. The van der Waals surface area contributed by atoms with E-state index in [9.17, 15) is 13.8 Å². The number of carboxylic acid groups (broad SMARTS) is 1. The van der Waals surface area contributed by atoms with Gasteiger partial charge in [0.1, 0.15) is 12.8 Å². The number of benzene rings is 3. The minimum atomic E-state index is -5.42. The first-order valence-corrected chi connectivity index (χ1v) is 9.62. The van der Waals surface area contributed by atoms with Crippen molar-refractivity contribution in [2.24, 2.45) is 7.05 Å². The molecule has 0 atom stereocenters. The van der Waals surface area contributed by atoms with E-state index in [1.54, 1.807) is 13.2 Å². The molecule has 29 heavy (non-hydrogen) atoms. The zero-order valence-corrected chi connectivity index (χ0v) is 16.2. The molecule has 4 rings (SSSR count). The molecule has 0 radical (unpaired) electrons. The van der Waals surface area contributed by atoms with Gasteiger partial charge in [-0.3, -0.25) is 0 Å². The number of rotatable bonds is 2. The van der Waals surface area contributed by atoms with Crippen molar-refractivity contribution in [1.82, 2.24) is 0 Å². The number of aromatic carboxylic acids is 1. The standard InChI is InChI=1S/C20H15NO3.FHO3S/c1-21-17-8-7-14(24-2)11-16(17)19(20(22)23)15-9-12-5-3-4-6-13(12)10-18(15)21;1-5(2,3)4/h3-11H,1-2H3;(H,2,3,4). The number of fused-ring (bicyclic) bond motifs is 3. The van der Waals surface area contributed by atoms with E-state index < -0.39 is 16.5 Å². The Morgan fingerprint density at radius 2 is 1.59 bits per heavy atom. The first kappa shape index (κ1) is 20.4. The van der Waals surface area contributed by atoms with Crippen molar-refractivity contribution in [1.29, 1.82) is 0 Å².